The summed E-state index contributed by atoms with van der Waals surface area (Å²) < 4.78 is 0. The third-order valence-electron chi connectivity index (χ3n) is 2.31. The first kappa shape index (κ1) is 10.8. The number of carbonyl (C=O) groups is 3. The number of rotatable bonds is 3. The molecule has 0 unspecified atom stereocenters. The summed E-state index contributed by atoms with van der Waals surface area (Å²) in [5.41, 5.74) is 4.85. The highest BCUT2D eigenvalue weighted by atomic mass is 32.2. The van der Waals surface area contributed by atoms with E-state index in [4.69, 9.17) is 10.8 Å². The third-order valence-corrected chi connectivity index (χ3v) is 3.59. The molecule has 0 bridgehead atoms. The number of primary amides is 1. The smallest absolute Gasteiger partial charge is 0.353 e. The number of nitrogens with zero attached hydrogens (tertiary/aromatic N) is 1. The summed E-state index contributed by atoms with van der Waals surface area (Å²) in [5, 5.41) is 11.2. The van der Waals surface area contributed by atoms with Gasteiger partial charge in [-0.1, -0.05) is 0 Å². The molecule has 2 rings (SSSR count). The van der Waals surface area contributed by atoms with Crippen molar-refractivity contribution in [2.24, 2.45) is 5.73 Å². The maximum absolute atomic E-state index is 11.2. The molecule has 1 atom stereocenters. The summed E-state index contributed by atoms with van der Waals surface area (Å²) in [7, 11) is 0. The van der Waals surface area contributed by atoms with Gasteiger partial charge in [-0.25, -0.2) is 9.59 Å². The van der Waals surface area contributed by atoms with Gasteiger partial charge < -0.3 is 16.2 Å². The maximum Gasteiger partial charge on any atom is 0.353 e. The van der Waals surface area contributed by atoms with Gasteiger partial charge in [-0.3, -0.25) is 9.69 Å². The van der Waals surface area contributed by atoms with Crippen LogP contribution < -0.4 is 11.1 Å². The minimum Gasteiger partial charge on any atom is -0.477 e. The molecule has 1 fully saturated rings. The lowest BCUT2D eigenvalue weighted by Gasteiger charge is -2.33. The second-order valence-corrected chi connectivity index (χ2v) is 4.61. The minimum atomic E-state index is -1.16. The largest absolute Gasteiger partial charge is 0.477 e. The van der Waals surface area contributed by atoms with Gasteiger partial charge in [0.15, 0.2) is 0 Å². The SMILES string of the molecule is NC(=O)NCC1=C(C(=O)O)N2C(=O)C[C@@H]2S1. The monoisotopic (exact) mass is 243 g/mol. The topological polar surface area (TPSA) is 113 Å². The van der Waals surface area contributed by atoms with Crippen LogP contribution in [0, 0.1) is 0 Å². The molecule has 86 valence electrons. The van der Waals surface area contributed by atoms with Crippen LogP contribution in [0.5, 0.6) is 0 Å². The van der Waals surface area contributed by atoms with Crippen LogP contribution in [0.25, 0.3) is 0 Å². The normalized spacial score (nSPS) is 22.9. The van der Waals surface area contributed by atoms with Crippen LogP contribution in [0.15, 0.2) is 10.6 Å². The summed E-state index contributed by atoms with van der Waals surface area (Å²) in [5.74, 6) is -1.37. The number of β-lactam (4-membered cyclic amide) rings is 1. The molecule has 1 saturated heterocycles. The second-order valence-electron chi connectivity index (χ2n) is 3.34. The van der Waals surface area contributed by atoms with Crippen molar-refractivity contribution in [2.75, 3.05) is 6.54 Å². The third kappa shape index (κ3) is 1.60. The summed E-state index contributed by atoms with van der Waals surface area (Å²) in [6.45, 7) is 0.0436. The molecule has 2 aliphatic heterocycles. The highest BCUT2D eigenvalue weighted by Gasteiger charge is 2.48. The van der Waals surface area contributed by atoms with Crippen molar-refractivity contribution in [3.8, 4) is 0 Å². The molecular formula is C8H9N3O4S. The first-order valence-corrected chi connectivity index (χ1v) is 5.37. The van der Waals surface area contributed by atoms with E-state index in [0.717, 1.165) is 0 Å². The van der Waals surface area contributed by atoms with Crippen molar-refractivity contribution in [2.45, 2.75) is 11.8 Å². The van der Waals surface area contributed by atoms with E-state index in [0.29, 0.717) is 11.3 Å². The molecule has 4 N–H and O–H groups in total. The molecule has 0 aliphatic carbocycles. The number of aliphatic carboxylic acids is 1. The van der Waals surface area contributed by atoms with E-state index in [2.05, 4.69) is 5.32 Å². The average molecular weight is 243 g/mol. The molecule has 0 aromatic rings. The number of carboxylic acids is 1. The number of amides is 3. The Labute approximate surface area is 94.6 Å². The van der Waals surface area contributed by atoms with E-state index in [-0.39, 0.29) is 23.5 Å². The lowest BCUT2D eigenvalue weighted by atomic mass is 10.1. The van der Waals surface area contributed by atoms with Gasteiger partial charge in [-0.2, -0.15) is 0 Å². The first-order valence-electron chi connectivity index (χ1n) is 4.49. The van der Waals surface area contributed by atoms with Crippen molar-refractivity contribution in [1.29, 1.82) is 0 Å². The fraction of sp³-hybridized carbons (Fsp3) is 0.375. The van der Waals surface area contributed by atoms with Gasteiger partial charge in [0.25, 0.3) is 0 Å². The molecule has 2 heterocycles. The minimum absolute atomic E-state index is 0.0417. The predicted molar refractivity (Wildman–Crippen MR) is 55.1 cm³/mol. The van der Waals surface area contributed by atoms with Crippen molar-refractivity contribution in [3.05, 3.63) is 10.6 Å². The van der Waals surface area contributed by atoms with Crippen LogP contribution >= 0.6 is 11.8 Å². The molecule has 8 heteroatoms. The van der Waals surface area contributed by atoms with E-state index in [1.165, 1.54) is 16.7 Å². The summed E-state index contributed by atoms with van der Waals surface area (Å²) in [6, 6.07) is -0.724. The lowest BCUT2D eigenvalue weighted by molar-refractivity contribution is -0.145. The Morgan fingerprint density at radius 3 is 2.81 bits per heavy atom. The molecule has 0 saturated carbocycles. The number of thioether (sulfide) groups is 1. The number of urea groups is 1. The van der Waals surface area contributed by atoms with E-state index >= 15 is 0 Å². The number of carboxylic acid groups (broad SMARTS) is 1. The van der Waals surface area contributed by atoms with Crippen LogP contribution in [-0.2, 0) is 9.59 Å². The van der Waals surface area contributed by atoms with Gasteiger partial charge in [-0.05, 0) is 0 Å². The molecule has 0 aromatic heterocycles. The summed E-state index contributed by atoms with van der Waals surface area (Å²) >= 11 is 1.28. The molecule has 7 nitrogen and oxygen atoms in total. The second kappa shape index (κ2) is 3.71. The Morgan fingerprint density at radius 1 is 1.62 bits per heavy atom. The van der Waals surface area contributed by atoms with Crippen molar-refractivity contribution >= 4 is 29.7 Å². The number of fused-ring (bicyclic) bond motifs is 1. The average Bonchev–Trinajstić information content (AvgIpc) is 2.47. The molecule has 0 radical (unpaired) electrons. The van der Waals surface area contributed by atoms with Gasteiger partial charge in [0, 0.05) is 4.91 Å². The Kier molecular flexibility index (Phi) is 2.50. The van der Waals surface area contributed by atoms with Gasteiger partial charge >= 0.3 is 12.0 Å². The molecule has 0 spiro atoms. The molecule has 0 aromatic carbocycles. The maximum atomic E-state index is 11.2. The standard InChI is InChI=1S/C8H9N3O4S/c9-8(15)10-2-3-6(7(13)14)11-4(12)1-5(11)16-3/h5H,1-2H2,(H,13,14)(H3,9,10,15)/t5-/m0/s1. The predicted octanol–water partition coefficient (Wildman–Crippen LogP) is -0.744. The molecule has 16 heavy (non-hydrogen) atoms. The van der Waals surface area contributed by atoms with Crippen LogP contribution in [0.4, 0.5) is 4.79 Å². The fourth-order valence-corrected chi connectivity index (χ4v) is 2.96. The van der Waals surface area contributed by atoms with Gasteiger partial charge in [-0.15, -0.1) is 11.8 Å². The van der Waals surface area contributed by atoms with Crippen LogP contribution in [0.2, 0.25) is 0 Å². The van der Waals surface area contributed by atoms with E-state index in [1.54, 1.807) is 0 Å². The Balaban J connectivity index is 2.18. The van der Waals surface area contributed by atoms with Crippen molar-refractivity contribution in [3.63, 3.8) is 0 Å². The highest BCUT2D eigenvalue weighted by molar-refractivity contribution is 8.04. The van der Waals surface area contributed by atoms with E-state index < -0.39 is 12.0 Å². The summed E-state index contributed by atoms with van der Waals surface area (Å²) in [4.78, 5) is 34.4. The van der Waals surface area contributed by atoms with Crippen LogP contribution in [0.1, 0.15) is 6.42 Å². The van der Waals surface area contributed by atoms with E-state index in [9.17, 15) is 14.4 Å². The zero-order valence-corrected chi connectivity index (χ0v) is 8.91. The van der Waals surface area contributed by atoms with E-state index in [1.807, 2.05) is 0 Å². The molecular weight excluding hydrogens is 234 g/mol. The van der Waals surface area contributed by atoms with Crippen LogP contribution in [-0.4, -0.2) is 39.8 Å². The Hall–Kier alpha value is -1.70. The quantitative estimate of drug-likeness (QED) is 0.565. The highest BCUT2D eigenvalue weighted by Crippen LogP contribution is 2.45. The zero-order valence-electron chi connectivity index (χ0n) is 8.10. The molecule has 2 aliphatic rings. The number of carbonyl (C=O) groups excluding carboxylic acids is 2. The van der Waals surface area contributed by atoms with Crippen molar-refractivity contribution < 1.29 is 19.5 Å². The Morgan fingerprint density at radius 2 is 2.31 bits per heavy atom. The number of nitrogens with one attached hydrogen (secondary N) is 1. The number of hydrogen-bond donors (Lipinski definition) is 3. The van der Waals surface area contributed by atoms with Crippen LogP contribution in [0.3, 0.4) is 0 Å². The summed E-state index contributed by atoms with van der Waals surface area (Å²) in [6.07, 6.45) is 0.335. The lowest BCUT2D eigenvalue weighted by Crippen LogP contribution is -2.48. The number of nitrogens with two attached hydrogens (primary N) is 1. The Bertz CT molecular complexity index is 420. The van der Waals surface area contributed by atoms with Crippen molar-refractivity contribution in [1.82, 2.24) is 10.2 Å². The van der Waals surface area contributed by atoms with Gasteiger partial charge in [0.05, 0.1) is 18.3 Å². The fourth-order valence-electron chi connectivity index (χ4n) is 1.62. The molecule has 3 amide bonds. The zero-order chi connectivity index (χ0) is 11.9. The first-order chi connectivity index (χ1) is 7.50. The van der Waals surface area contributed by atoms with Gasteiger partial charge in [0.1, 0.15) is 5.70 Å². The van der Waals surface area contributed by atoms with Gasteiger partial charge in [0.2, 0.25) is 5.91 Å². The number of hydrogen-bond acceptors (Lipinski definition) is 4.